The Morgan fingerprint density at radius 2 is 1.95 bits per heavy atom. The fourth-order valence-corrected chi connectivity index (χ4v) is 4.00. The van der Waals surface area contributed by atoms with E-state index in [1.807, 2.05) is 18.5 Å². The van der Waals surface area contributed by atoms with Gasteiger partial charge in [0.25, 0.3) is 0 Å². The monoisotopic (exact) mass is 317 g/mol. The lowest BCUT2D eigenvalue weighted by Gasteiger charge is -2.20. The van der Waals surface area contributed by atoms with Gasteiger partial charge in [0.2, 0.25) is 0 Å². The number of hydrogen-bond donors (Lipinski definition) is 0. The van der Waals surface area contributed by atoms with Crippen LogP contribution in [0.2, 0.25) is 0 Å². The Hall–Kier alpha value is -1.16. The van der Waals surface area contributed by atoms with Crippen molar-refractivity contribution in [1.82, 2.24) is 9.97 Å². The molecule has 19 heavy (non-hydrogen) atoms. The smallest absolute Gasteiger partial charge is 0.112 e. The molecule has 1 aliphatic heterocycles. The van der Waals surface area contributed by atoms with Crippen LogP contribution in [0.3, 0.4) is 0 Å². The lowest BCUT2D eigenvalue weighted by atomic mass is 10.0. The van der Waals surface area contributed by atoms with E-state index in [-0.39, 0.29) is 0 Å². The fourth-order valence-electron chi connectivity index (χ4n) is 3.68. The molecule has 2 unspecified atom stereocenters. The number of fused-ring (bicyclic) bond motifs is 2. The molecule has 2 aromatic rings. The second kappa shape index (κ2) is 4.44. The minimum absolute atomic E-state index is 0.902. The van der Waals surface area contributed by atoms with E-state index in [0.717, 1.165) is 27.3 Å². The average Bonchev–Trinajstić information content (AvgIpc) is 2.98. The van der Waals surface area contributed by atoms with Crippen LogP contribution in [-0.4, -0.2) is 23.1 Å². The van der Waals surface area contributed by atoms with Crippen molar-refractivity contribution in [1.29, 1.82) is 0 Å². The molecule has 0 N–H and O–H groups in total. The van der Waals surface area contributed by atoms with E-state index < -0.39 is 0 Å². The first-order valence-electron chi connectivity index (χ1n) is 6.96. The van der Waals surface area contributed by atoms with Gasteiger partial charge in [0.15, 0.2) is 0 Å². The number of hydrogen-bond acceptors (Lipinski definition) is 3. The SMILES string of the molecule is Brc1cnc2c(N3CC4CCCC4C3)ccnc2c1. The molecule has 0 bridgehead atoms. The summed E-state index contributed by atoms with van der Waals surface area (Å²) in [5.41, 5.74) is 3.27. The Balaban J connectivity index is 1.75. The third kappa shape index (κ3) is 1.93. The van der Waals surface area contributed by atoms with Crippen molar-refractivity contribution in [3.05, 3.63) is 29.0 Å². The Kier molecular flexibility index (Phi) is 2.72. The molecule has 2 aliphatic rings. The fraction of sp³-hybridized carbons (Fsp3) is 0.467. The van der Waals surface area contributed by atoms with E-state index in [2.05, 4.69) is 36.9 Å². The second-order valence-electron chi connectivity index (χ2n) is 5.71. The average molecular weight is 318 g/mol. The van der Waals surface area contributed by atoms with Crippen molar-refractivity contribution in [3.8, 4) is 0 Å². The number of aromatic nitrogens is 2. The molecule has 0 radical (unpaired) electrons. The van der Waals surface area contributed by atoms with Gasteiger partial charge in [0.1, 0.15) is 5.52 Å². The molecule has 2 fully saturated rings. The minimum Gasteiger partial charge on any atom is -0.369 e. The summed E-state index contributed by atoms with van der Waals surface area (Å²) in [4.78, 5) is 11.5. The molecule has 0 spiro atoms. The molecule has 0 aromatic carbocycles. The summed E-state index contributed by atoms with van der Waals surface area (Å²) < 4.78 is 0.989. The molecule has 4 rings (SSSR count). The highest BCUT2D eigenvalue weighted by Crippen LogP contribution is 2.40. The van der Waals surface area contributed by atoms with Gasteiger partial charge in [-0.1, -0.05) is 6.42 Å². The Bertz CT molecular complexity index is 616. The van der Waals surface area contributed by atoms with Crippen LogP contribution in [0, 0.1) is 11.8 Å². The van der Waals surface area contributed by atoms with Gasteiger partial charge in [0, 0.05) is 30.0 Å². The molecule has 4 heteroatoms. The van der Waals surface area contributed by atoms with Gasteiger partial charge in [-0.15, -0.1) is 0 Å². The summed E-state index contributed by atoms with van der Waals surface area (Å²) in [6.07, 6.45) is 8.00. The van der Waals surface area contributed by atoms with Gasteiger partial charge in [-0.05, 0) is 52.7 Å². The van der Waals surface area contributed by atoms with E-state index in [9.17, 15) is 0 Å². The number of anilines is 1. The lowest BCUT2D eigenvalue weighted by molar-refractivity contribution is 0.494. The van der Waals surface area contributed by atoms with Gasteiger partial charge in [0.05, 0.1) is 11.2 Å². The maximum Gasteiger partial charge on any atom is 0.112 e. The molecule has 98 valence electrons. The molecule has 1 aliphatic carbocycles. The maximum absolute atomic E-state index is 4.57. The number of halogens is 1. The number of rotatable bonds is 1. The highest BCUT2D eigenvalue weighted by atomic mass is 79.9. The van der Waals surface area contributed by atoms with Crippen LogP contribution in [0.25, 0.3) is 11.0 Å². The lowest BCUT2D eigenvalue weighted by Crippen LogP contribution is -2.21. The summed E-state index contributed by atoms with van der Waals surface area (Å²) in [6.45, 7) is 2.39. The molecule has 0 amide bonds. The van der Waals surface area contributed by atoms with Gasteiger partial charge in [-0.25, -0.2) is 0 Å². The van der Waals surface area contributed by atoms with Gasteiger partial charge >= 0.3 is 0 Å². The normalized spacial score (nSPS) is 26.1. The predicted molar refractivity (Wildman–Crippen MR) is 80.3 cm³/mol. The molecule has 1 saturated heterocycles. The topological polar surface area (TPSA) is 29.0 Å². The summed E-state index contributed by atoms with van der Waals surface area (Å²) in [6, 6.07) is 4.16. The van der Waals surface area contributed by atoms with E-state index in [1.165, 1.54) is 38.0 Å². The van der Waals surface area contributed by atoms with Crippen LogP contribution in [0.5, 0.6) is 0 Å². The molecular formula is C15H16BrN3. The van der Waals surface area contributed by atoms with Crippen LogP contribution in [0.1, 0.15) is 19.3 Å². The largest absolute Gasteiger partial charge is 0.369 e. The van der Waals surface area contributed by atoms with Crippen LogP contribution in [0.15, 0.2) is 29.0 Å². The summed E-state index contributed by atoms with van der Waals surface area (Å²) in [5, 5.41) is 0. The molecule has 2 atom stereocenters. The van der Waals surface area contributed by atoms with Crippen LogP contribution in [-0.2, 0) is 0 Å². The first kappa shape index (κ1) is 11.6. The maximum atomic E-state index is 4.57. The van der Waals surface area contributed by atoms with Gasteiger partial charge in [-0.2, -0.15) is 0 Å². The van der Waals surface area contributed by atoms with Crippen LogP contribution < -0.4 is 4.90 Å². The number of nitrogens with zero attached hydrogens (tertiary/aromatic N) is 3. The Morgan fingerprint density at radius 3 is 2.74 bits per heavy atom. The van der Waals surface area contributed by atoms with Crippen molar-refractivity contribution < 1.29 is 0 Å². The van der Waals surface area contributed by atoms with Crippen LogP contribution >= 0.6 is 15.9 Å². The quantitative estimate of drug-likeness (QED) is 0.804. The van der Waals surface area contributed by atoms with E-state index in [0.29, 0.717) is 0 Å². The molecule has 2 aromatic heterocycles. The molecule has 3 nitrogen and oxygen atoms in total. The minimum atomic E-state index is 0.902. The molecule has 3 heterocycles. The summed E-state index contributed by atoms with van der Waals surface area (Å²) >= 11 is 3.46. The standard InChI is InChI=1S/C15H16BrN3/c16-12-6-13-15(18-7-12)14(4-5-17-13)19-8-10-2-1-3-11(10)9-19/h4-7,10-11H,1-3,8-9H2. The predicted octanol–water partition coefficient (Wildman–Crippen LogP) is 3.63. The van der Waals surface area contributed by atoms with Crippen molar-refractivity contribution in [3.63, 3.8) is 0 Å². The van der Waals surface area contributed by atoms with Crippen molar-refractivity contribution >= 4 is 32.7 Å². The highest BCUT2D eigenvalue weighted by Gasteiger charge is 2.36. The van der Waals surface area contributed by atoms with Gasteiger partial charge < -0.3 is 4.90 Å². The molecule has 1 saturated carbocycles. The Labute approximate surface area is 121 Å². The van der Waals surface area contributed by atoms with Crippen LogP contribution in [0.4, 0.5) is 5.69 Å². The van der Waals surface area contributed by atoms with Gasteiger partial charge in [-0.3, -0.25) is 9.97 Å². The summed E-state index contributed by atoms with van der Waals surface area (Å²) in [7, 11) is 0. The second-order valence-corrected chi connectivity index (χ2v) is 6.62. The molecular weight excluding hydrogens is 302 g/mol. The zero-order valence-electron chi connectivity index (χ0n) is 10.7. The van der Waals surface area contributed by atoms with E-state index in [1.54, 1.807) is 0 Å². The highest BCUT2D eigenvalue weighted by molar-refractivity contribution is 9.10. The van der Waals surface area contributed by atoms with Crippen molar-refractivity contribution in [2.24, 2.45) is 11.8 Å². The third-order valence-corrected chi connectivity index (χ3v) is 5.02. The number of pyridine rings is 2. The van der Waals surface area contributed by atoms with Crippen molar-refractivity contribution in [2.75, 3.05) is 18.0 Å². The first-order chi connectivity index (χ1) is 9.31. The van der Waals surface area contributed by atoms with E-state index >= 15 is 0 Å². The van der Waals surface area contributed by atoms with Crippen molar-refractivity contribution in [2.45, 2.75) is 19.3 Å². The zero-order valence-corrected chi connectivity index (χ0v) is 12.3. The first-order valence-corrected chi connectivity index (χ1v) is 7.76. The Morgan fingerprint density at radius 1 is 1.16 bits per heavy atom. The third-order valence-electron chi connectivity index (χ3n) is 4.59. The summed E-state index contributed by atoms with van der Waals surface area (Å²) in [5.74, 6) is 1.80. The zero-order chi connectivity index (χ0) is 12.8. The van der Waals surface area contributed by atoms with E-state index in [4.69, 9.17) is 0 Å².